The van der Waals surface area contributed by atoms with Crippen LogP contribution in [0.2, 0.25) is 0 Å². The van der Waals surface area contributed by atoms with Crippen molar-refractivity contribution in [2.24, 2.45) is 5.10 Å². The molecular formula is C25H19Br2N3O5. The Bertz CT molecular complexity index is 1400. The smallest absolute Gasteiger partial charge is 0.307 e. The molecule has 4 rings (SSSR count). The molecule has 0 radical (unpaired) electrons. The van der Waals surface area contributed by atoms with E-state index in [2.05, 4.69) is 47.7 Å². The van der Waals surface area contributed by atoms with Gasteiger partial charge in [0, 0.05) is 21.1 Å². The molecule has 0 bridgehead atoms. The van der Waals surface area contributed by atoms with Crippen LogP contribution in [0.3, 0.4) is 0 Å². The van der Waals surface area contributed by atoms with Gasteiger partial charge in [0.1, 0.15) is 5.58 Å². The Kier molecular flexibility index (Phi) is 7.84. The van der Waals surface area contributed by atoms with Gasteiger partial charge in [0.15, 0.2) is 23.9 Å². The van der Waals surface area contributed by atoms with Gasteiger partial charge in [-0.3, -0.25) is 9.59 Å². The third-order valence-corrected chi connectivity index (χ3v) is 5.81. The first-order valence-electron chi connectivity index (χ1n) is 10.3. The van der Waals surface area contributed by atoms with Crippen LogP contribution in [-0.4, -0.2) is 31.7 Å². The number of ether oxygens (including phenoxy) is 2. The molecule has 0 unspecified atom stereocenters. The first kappa shape index (κ1) is 24.5. The van der Waals surface area contributed by atoms with Crippen LogP contribution in [0.4, 0.5) is 5.69 Å². The largest absolute Gasteiger partial charge is 0.493 e. The number of benzene rings is 3. The van der Waals surface area contributed by atoms with Crippen LogP contribution in [-0.2, 0) is 4.79 Å². The van der Waals surface area contributed by atoms with Gasteiger partial charge in [-0.05, 0) is 58.4 Å². The van der Waals surface area contributed by atoms with Crippen LogP contribution in [0.25, 0.3) is 11.0 Å². The zero-order valence-corrected chi connectivity index (χ0v) is 21.6. The lowest BCUT2D eigenvalue weighted by Gasteiger charge is -2.13. The van der Waals surface area contributed by atoms with Gasteiger partial charge in [-0.15, -0.1) is 0 Å². The molecule has 0 aliphatic carbocycles. The van der Waals surface area contributed by atoms with Gasteiger partial charge in [-0.1, -0.05) is 40.2 Å². The fraction of sp³-hybridized carbons (Fsp3) is 0.0800. The second-order valence-electron chi connectivity index (χ2n) is 7.20. The predicted octanol–water partition coefficient (Wildman–Crippen LogP) is 5.75. The van der Waals surface area contributed by atoms with Gasteiger partial charge in [0.2, 0.25) is 0 Å². The Morgan fingerprint density at radius 3 is 2.63 bits per heavy atom. The van der Waals surface area contributed by atoms with E-state index in [1.165, 1.54) is 13.3 Å². The predicted molar refractivity (Wildman–Crippen MR) is 140 cm³/mol. The van der Waals surface area contributed by atoms with E-state index in [1.54, 1.807) is 36.4 Å². The van der Waals surface area contributed by atoms with Gasteiger partial charge in [-0.2, -0.15) is 5.10 Å². The lowest BCUT2D eigenvalue weighted by atomic mass is 10.2. The number of methoxy groups -OCH3 is 1. The summed E-state index contributed by atoms with van der Waals surface area (Å²) in [6.45, 7) is -0.244. The number of hydrogen-bond donors (Lipinski definition) is 2. The summed E-state index contributed by atoms with van der Waals surface area (Å²) in [5.74, 6) is -0.0149. The minimum Gasteiger partial charge on any atom is -0.493 e. The van der Waals surface area contributed by atoms with Crippen LogP contribution in [0, 0.1) is 0 Å². The molecule has 178 valence electrons. The number of hydrazone groups is 1. The molecule has 0 fully saturated rings. The molecule has 0 aliphatic rings. The molecule has 8 nitrogen and oxygen atoms in total. The van der Waals surface area contributed by atoms with Crippen molar-refractivity contribution in [2.75, 3.05) is 19.0 Å². The Labute approximate surface area is 217 Å². The van der Waals surface area contributed by atoms with Crippen LogP contribution in [0.5, 0.6) is 11.5 Å². The average molecular weight is 601 g/mol. The van der Waals surface area contributed by atoms with Crippen molar-refractivity contribution in [3.8, 4) is 11.5 Å². The van der Waals surface area contributed by atoms with Gasteiger partial charge in [0.25, 0.3) is 5.91 Å². The number of carbonyl (C=O) groups excluding carboxylic acids is 2. The summed E-state index contributed by atoms with van der Waals surface area (Å²) in [5, 5.41) is 7.53. The van der Waals surface area contributed by atoms with Gasteiger partial charge >= 0.3 is 5.91 Å². The number of amides is 2. The van der Waals surface area contributed by atoms with Gasteiger partial charge in [0.05, 0.1) is 17.8 Å². The SMILES string of the molecule is COc1cccc(/C=N\NC(=O)c2cc3cc(Br)cc(Br)c3o2)c1OCC(=O)Nc1ccccc1. The topological polar surface area (TPSA) is 102 Å². The Morgan fingerprint density at radius 1 is 1.06 bits per heavy atom. The van der Waals surface area contributed by atoms with Crippen molar-refractivity contribution < 1.29 is 23.5 Å². The fourth-order valence-corrected chi connectivity index (χ4v) is 4.55. The molecular weight excluding hydrogens is 582 g/mol. The number of nitrogens with zero attached hydrogens (tertiary/aromatic N) is 1. The van der Waals surface area contributed by atoms with Crippen molar-refractivity contribution >= 4 is 66.5 Å². The number of rotatable bonds is 8. The van der Waals surface area contributed by atoms with E-state index in [1.807, 2.05) is 30.3 Å². The average Bonchev–Trinajstić information content (AvgIpc) is 3.28. The number of carbonyl (C=O) groups is 2. The van der Waals surface area contributed by atoms with E-state index >= 15 is 0 Å². The third kappa shape index (κ3) is 6.09. The molecule has 2 N–H and O–H groups in total. The van der Waals surface area contributed by atoms with Crippen molar-refractivity contribution in [1.29, 1.82) is 0 Å². The highest BCUT2D eigenvalue weighted by molar-refractivity contribution is 9.11. The van der Waals surface area contributed by atoms with Gasteiger partial charge < -0.3 is 19.2 Å². The van der Waals surface area contributed by atoms with E-state index in [0.29, 0.717) is 28.3 Å². The second kappa shape index (κ2) is 11.2. The quantitative estimate of drug-likeness (QED) is 0.198. The van der Waals surface area contributed by atoms with E-state index in [4.69, 9.17) is 13.9 Å². The maximum Gasteiger partial charge on any atom is 0.307 e. The monoisotopic (exact) mass is 599 g/mol. The fourth-order valence-electron chi connectivity index (χ4n) is 3.21. The molecule has 1 heterocycles. The first-order chi connectivity index (χ1) is 16.9. The second-order valence-corrected chi connectivity index (χ2v) is 8.97. The number of nitrogens with one attached hydrogen (secondary N) is 2. The van der Waals surface area contributed by atoms with Crippen LogP contribution < -0.4 is 20.2 Å². The molecule has 10 heteroatoms. The number of para-hydroxylation sites is 2. The minimum atomic E-state index is -0.520. The molecule has 1 aromatic heterocycles. The van der Waals surface area contributed by atoms with E-state index in [0.717, 1.165) is 14.3 Å². The number of halogens is 2. The van der Waals surface area contributed by atoms with Crippen LogP contribution >= 0.6 is 31.9 Å². The molecule has 0 spiro atoms. The summed E-state index contributed by atoms with van der Waals surface area (Å²) in [6.07, 6.45) is 1.40. The van der Waals surface area contributed by atoms with E-state index < -0.39 is 5.91 Å². The van der Waals surface area contributed by atoms with E-state index in [-0.39, 0.29) is 18.3 Å². The molecule has 35 heavy (non-hydrogen) atoms. The maximum absolute atomic E-state index is 12.5. The zero-order chi connectivity index (χ0) is 24.8. The number of furan rings is 1. The minimum absolute atomic E-state index is 0.107. The molecule has 2 amide bonds. The highest BCUT2D eigenvalue weighted by atomic mass is 79.9. The molecule has 3 aromatic carbocycles. The number of hydrogen-bond acceptors (Lipinski definition) is 6. The lowest BCUT2D eigenvalue weighted by molar-refractivity contribution is -0.118. The summed E-state index contributed by atoms with van der Waals surface area (Å²) in [6, 6.07) is 19.5. The summed E-state index contributed by atoms with van der Waals surface area (Å²) >= 11 is 6.83. The molecule has 0 saturated heterocycles. The Morgan fingerprint density at radius 2 is 1.86 bits per heavy atom. The van der Waals surface area contributed by atoms with Crippen molar-refractivity contribution in [3.05, 3.63) is 87.0 Å². The number of anilines is 1. The highest BCUT2D eigenvalue weighted by Gasteiger charge is 2.15. The van der Waals surface area contributed by atoms with Gasteiger partial charge in [-0.25, -0.2) is 5.43 Å². The molecule has 0 atom stereocenters. The summed E-state index contributed by atoms with van der Waals surface area (Å²) in [5.41, 5.74) is 4.16. The lowest BCUT2D eigenvalue weighted by Crippen LogP contribution is -2.21. The van der Waals surface area contributed by atoms with E-state index in [9.17, 15) is 9.59 Å². The van der Waals surface area contributed by atoms with Crippen molar-refractivity contribution in [2.45, 2.75) is 0 Å². The molecule has 4 aromatic rings. The highest BCUT2D eigenvalue weighted by Crippen LogP contribution is 2.31. The maximum atomic E-state index is 12.5. The van der Waals surface area contributed by atoms with Crippen molar-refractivity contribution in [3.63, 3.8) is 0 Å². The summed E-state index contributed by atoms with van der Waals surface area (Å²) < 4.78 is 18.3. The Balaban J connectivity index is 1.45. The Hall–Kier alpha value is -3.63. The molecule has 0 aliphatic heterocycles. The van der Waals surface area contributed by atoms with Crippen molar-refractivity contribution in [1.82, 2.24) is 5.43 Å². The molecule has 0 saturated carbocycles. The normalized spacial score (nSPS) is 10.9. The zero-order valence-electron chi connectivity index (χ0n) is 18.4. The standard InChI is InChI=1S/C25H19Br2N3O5/c1-33-20-9-5-6-15(24(20)34-14-22(31)29-18-7-3-2-4-8-18)13-28-30-25(32)21-11-16-10-17(26)12-19(27)23(16)35-21/h2-13H,14H2,1H3,(H,29,31)(H,30,32)/b28-13-. The summed E-state index contributed by atoms with van der Waals surface area (Å²) in [4.78, 5) is 24.8. The van der Waals surface area contributed by atoms with Crippen LogP contribution in [0.15, 0.2) is 85.2 Å². The first-order valence-corrected chi connectivity index (χ1v) is 11.9. The van der Waals surface area contributed by atoms with Crippen LogP contribution in [0.1, 0.15) is 16.1 Å². The summed E-state index contributed by atoms with van der Waals surface area (Å²) in [7, 11) is 1.49. The third-order valence-electron chi connectivity index (χ3n) is 4.76. The number of fused-ring (bicyclic) bond motifs is 1.